The predicted molar refractivity (Wildman–Crippen MR) is 65.8 cm³/mol. The number of aryl methyl sites for hydroxylation is 1. The summed E-state index contributed by atoms with van der Waals surface area (Å²) < 4.78 is 0. The van der Waals surface area contributed by atoms with Gasteiger partial charge in [0.05, 0.1) is 5.92 Å². The molecule has 0 radical (unpaired) electrons. The standard InChI is InChI=1S/C11H17N5O/c1-7-5-9(15-11(13-2)14-7)16-4-3-8(6-16)10(12)17/h5,8H,3-4,6H2,1-2H3,(H2,12,17)(H,13,14,15). The second kappa shape index (κ2) is 4.57. The van der Waals surface area contributed by atoms with Crippen molar-refractivity contribution in [2.24, 2.45) is 11.7 Å². The van der Waals surface area contributed by atoms with Crippen LogP contribution in [0.15, 0.2) is 6.07 Å². The van der Waals surface area contributed by atoms with Gasteiger partial charge in [0.15, 0.2) is 0 Å². The summed E-state index contributed by atoms with van der Waals surface area (Å²) in [5, 5.41) is 2.93. The van der Waals surface area contributed by atoms with Crippen molar-refractivity contribution in [2.45, 2.75) is 13.3 Å². The molecule has 2 heterocycles. The molecule has 1 atom stereocenters. The minimum atomic E-state index is -0.230. The molecule has 0 aromatic carbocycles. The van der Waals surface area contributed by atoms with E-state index in [1.807, 2.05) is 13.0 Å². The molecular formula is C11H17N5O. The fraction of sp³-hybridized carbons (Fsp3) is 0.545. The van der Waals surface area contributed by atoms with Crippen LogP contribution in [0.1, 0.15) is 12.1 Å². The van der Waals surface area contributed by atoms with Crippen molar-refractivity contribution in [1.29, 1.82) is 0 Å². The molecule has 1 aromatic heterocycles. The second-order valence-corrected chi connectivity index (χ2v) is 4.28. The Morgan fingerprint density at radius 3 is 2.94 bits per heavy atom. The minimum Gasteiger partial charge on any atom is -0.369 e. The monoisotopic (exact) mass is 235 g/mol. The molecule has 0 saturated carbocycles. The SMILES string of the molecule is CNc1nc(C)cc(N2CCC(C(N)=O)C2)n1. The van der Waals surface area contributed by atoms with E-state index in [0.29, 0.717) is 12.5 Å². The highest BCUT2D eigenvalue weighted by molar-refractivity contribution is 5.78. The first-order valence-electron chi connectivity index (χ1n) is 5.68. The second-order valence-electron chi connectivity index (χ2n) is 4.28. The van der Waals surface area contributed by atoms with Crippen LogP contribution in [-0.4, -0.2) is 36.0 Å². The largest absolute Gasteiger partial charge is 0.369 e. The third-order valence-corrected chi connectivity index (χ3v) is 2.98. The summed E-state index contributed by atoms with van der Waals surface area (Å²) in [7, 11) is 1.79. The maximum absolute atomic E-state index is 11.1. The third-order valence-electron chi connectivity index (χ3n) is 2.98. The molecule has 1 unspecified atom stereocenters. The smallest absolute Gasteiger partial charge is 0.224 e. The van der Waals surface area contributed by atoms with Gasteiger partial charge in [0.2, 0.25) is 11.9 Å². The number of amides is 1. The Labute approximate surface area is 100 Å². The van der Waals surface area contributed by atoms with Gasteiger partial charge in [-0.2, -0.15) is 4.98 Å². The summed E-state index contributed by atoms with van der Waals surface area (Å²) in [4.78, 5) is 21.8. The molecule has 0 bridgehead atoms. The number of nitrogens with zero attached hydrogens (tertiary/aromatic N) is 3. The zero-order valence-electron chi connectivity index (χ0n) is 10.1. The quantitative estimate of drug-likeness (QED) is 0.778. The molecule has 1 aromatic rings. The van der Waals surface area contributed by atoms with Crippen LogP contribution in [-0.2, 0) is 4.79 Å². The van der Waals surface area contributed by atoms with Crippen LogP contribution < -0.4 is 16.0 Å². The zero-order chi connectivity index (χ0) is 12.4. The molecule has 2 rings (SSSR count). The van der Waals surface area contributed by atoms with Gasteiger partial charge >= 0.3 is 0 Å². The molecule has 17 heavy (non-hydrogen) atoms. The molecule has 1 aliphatic rings. The zero-order valence-corrected chi connectivity index (χ0v) is 10.1. The molecular weight excluding hydrogens is 218 g/mol. The molecule has 1 fully saturated rings. The Kier molecular flexibility index (Phi) is 3.12. The summed E-state index contributed by atoms with van der Waals surface area (Å²) >= 11 is 0. The lowest BCUT2D eigenvalue weighted by Crippen LogP contribution is -2.27. The number of carbonyl (C=O) groups excluding carboxylic acids is 1. The molecule has 3 N–H and O–H groups in total. The highest BCUT2D eigenvalue weighted by atomic mass is 16.1. The first kappa shape index (κ1) is 11.6. The first-order chi connectivity index (χ1) is 8.10. The van der Waals surface area contributed by atoms with Crippen molar-refractivity contribution < 1.29 is 4.79 Å². The highest BCUT2D eigenvalue weighted by Crippen LogP contribution is 2.23. The summed E-state index contributed by atoms with van der Waals surface area (Å²) in [6.07, 6.45) is 0.799. The van der Waals surface area contributed by atoms with Crippen molar-refractivity contribution in [3.05, 3.63) is 11.8 Å². The maximum Gasteiger partial charge on any atom is 0.224 e. The van der Waals surface area contributed by atoms with Crippen LogP contribution in [0.25, 0.3) is 0 Å². The molecule has 92 valence electrons. The van der Waals surface area contributed by atoms with Gasteiger partial charge in [0.25, 0.3) is 0 Å². The summed E-state index contributed by atoms with van der Waals surface area (Å²) in [5.41, 5.74) is 6.22. The highest BCUT2D eigenvalue weighted by Gasteiger charge is 2.27. The van der Waals surface area contributed by atoms with Gasteiger partial charge in [-0.25, -0.2) is 4.98 Å². The number of anilines is 2. The van der Waals surface area contributed by atoms with E-state index in [1.165, 1.54) is 0 Å². The van der Waals surface area contributed by atoms with Crippen LogP contribution in [0.2, 0.25) is 0 Å². The number of carbonyl (C=O) groups is 1. The lowest BCUT2D eigenvalue weighted by molar-refractivity contribution is -0.121. The van der Waals surface area contributed by atoms with Crippen molar-refractivity contribution in [3.8, 4) is 0 Å². The van der Waals surface area contributed by atoms with E-state index in [4.69, 9.17) is 5.73 Å². The summed E-state index contributed by atoms with van der Waals surface area (Å²) in [6.45, 7) is 3.38. The Morgan fingerprint density at radius 1 is 1.59 bits per heavy atom. The molecule has 1 aliphatic heterocycles. The number of nitrogens with one attached hydrogen (secondary N) is 1. The molecule has 0 aliphatic carbocycles. The van der Waals surface area contributed by atoms with Crippen molar-refractivity contribution in [1.82, 2.24) is 9.97 Å². The van der Waals surface area contributed by atoms with Crippen molar-refractivity contribution in [2.75, 3.05) is 30.4 Å². The average Bonchev–Trinajstić information content (AvgIpc) is 2.77. The lowest BCUT2D eigenvalue weighted by Gasteiger charge is -2.17. The molecule has 6 nitrogen and oxygen atoms in total. The molecule has 1 saturated heterocycles. The fourth-order valence-electron chi connectivity index (χ4n) is 2.03. The van der Waals surface area contributed by atoms with E-state index in [0.717, 1.165) is 24.5 Å². The minimum absolute atomic E-state index is 0.0664. The van der Waals surface area contributed by atoms with Gasteiger partial charge < -0.3 is 16.0 Å². The fourth-order valence-corrected chi connectivity index (χ4v) is 2.03. The normalized spacial score (nSPS) is 19.4. The van der Waals surface area contributed by atoms with Crippen LogP contribution in [0, 0.1) is 12.8 Å². The van der Waals surface area contributed by atoms with E-state index in [2.05, 4.69) is 20.2 Å². The Morgan fingerprint density at radius 2 is 2.35 bits per heavy atom. The average molecular weight is 235 g/mol. The van der Waals surface area contributed by atoms with Gasteiger partial charge in [-0.3, -0.25) is 4.79 Å². The predicted octanol–water partition coefficient (Wildman–Crippen LogP) is 0.138. The number of aromatic nitrogens is 2. The summed E-state index contributed by atoms with van der Waals surface area (Å²) in [5.74, 6) is 1.16. The number of hydrogen-bond acceptors (Lipinski definition) is 5. The van der Waals surface area contributed by atoms with E-state index < -0.39 is 0 Å². The van der Waals surface area contributed by atoms with Crippen LogP contribution in [0.3, 0.4) is 0 Å². The van der Waals surface area contributed by atoms with Gasteiger partial charge in [-0.15, -0.1) is 0 Å². The van der Waals surface area contributed by atoms with Crippen molar-refractivity contribution >= 4 is 17.7 Å². The number of primary amides is 1. The van der Waals surface area contributed by atoms with E-state index >= 15 is 0 Å². The molecule has 0 spiro atoms. The number of hydrogen-bond donors (Lipinski definition) is 2. The van der Waals surface area contributed by atoms with Crippen LogP contribution >= 0.6 is 0 Å². The van der Waals surface area contributed by atoms with E-state index in [9.17, 15) is 4.79 Å². The lowest BCUT2D eigenvalue weighted by atomic mass is 10.1. The maximum atomic E-state index is 11.1. The Bertz CT molecular complexity index is 434. The number of rotatable bonds is 3. The van der Waals surface area contributed by atoms with Crippen molar-refractivity contribution in [3.63, 3.8) is 0 Å². The third kappa shape index (κ3) is 2.46. The first-order valence-corrected chi connectivity index (χ1v) is 5.68. The van der Waals surface area contributed by atoms with Gasteiger partial charge in [-0.1, -0.05) is 0 Å². The molecule has 6 heteroatoms. The van der Waals surface area contributed by atoms with Gasteiger partial charge in [-0.05, 0) is 13.3 Å². The Balaban J connectivity index is 2.18. The number of nitrogens with two attached hydrogens (primary N) is 1. The Hall–Kier alpha value is -1.85. The van der Waals surface area contributed by atoms with Crippen LogP contribution in [0.5, 0.6) is 0 Å². The van der Waals surface area contributed by atoms with Gasteiger partial charge in [0, 0.05) is 31.9 Å². The van der Waals surface area contributed by atoms with E-state index in [1.54, 1.807) is 7.05 Å². The van der Waals surface area contributed by atoms with Crippen LogP contribution in [0.4, 0.5) is 11.8 Å². The molecule has 1 amide bonds. The van der Waals surface area contributed by atoms with E-state index in [-0.39, 0.29) is 11.8 Å². The summed E-state index contributed by atoms with van der Waals surface area (Å²) in [6, 6.07) is 1.92. The van der Waals surface area contributed by atoms with Gasteiger partial charge in [0.1, 0.15) is 5.82 Å². The topological polar surface area (TPSA) is 84.1 Å².